The second-order valence-corrected chi connectivity index (χ2v) is 5.34. The summed E-state index contributed by atoms with van der Waals surface area (Å²) in [6.07, 6.45) is 0. The van der Waals surface area contributed by atoms with Crippen molar-refractivity contribution < 1.29 is 19.2 Å². The number of hydrogen-bond acceptors (Lipinski definition) is 5. The Hall–Kier alpha value is -1.08. The van der Waals surface area contributed by atoms with Crippen molar-refractivity contribution in [2.45, 2.75) is 38.9 Å². The molecule has 0 bridgehead atoms. The lowest BCUT2D eigenvalue weighted by Crippen LogP contribution is -2.41. The van der Waals surface area contributed by atoms with Crippen LogP contribution in [0.4, 0.5) is 0 Å². The van der Waals surface area contributed by atoms with Gasteiger partial charge in [0.25, 0.3) is 0 Å². The van der Waals surface area contributed by atoms with Crippen LogP contribution in [0.5, 0.6) is 5.75 Å². The van der Waals surface area contributed by atoms with E-state index in [1.807, 2.05) is 39.8 Å². The molecule has 0 unspecified atom stereocenters. The highest BCUT2D eigenvalue weighted by molar-refractivity contribution is 6.62. The van der Waals surface area contributed by atoms with Gasteiger partial charge in [-0.05, 0) is 45.3 Å². The van der Waals surface area contributed by atoms with Crippen molar-refractivity contribution in [3.05, 3.63) is 24.3 Å². The predicted molar refractivity (Wildman–Crippen MR) is 68.1 cm³/mol. The van der Waals surface area contributed by atoms with Crippen molar-refractivity contribution in [3.8, 4) is 5.75 Å². The van der Waals surface area contributed by atoms with Gasteiger partial charge in [0.2, 0.25) is 0 Å². The van der Waals surface area contributed by atoms with Crippen LogP contribution in [0.2, 0.25) is 0 Å². The fourth-order valence-corrected chi connectivity index (χ4v) is 1.72. The van der Waals surface area contributed by atoms with Gasteiger partial charge < -0.3 is 14.2 Å². The minimum atomic E-state index is -0.372. The van der Waals surface area contributed by atoms with E-state index in [1.54, 1.807) is 12.1 Å². The van der Waals surface area contributed by atoms with Crippen LogP contribution in [0.15, 0.2) is 24.3 Å². The molecular formula is C12H18BNO4. The van der Waals surface area contributed by atoms with Gasteiger partial charge in [-0.25, -0.2) is 0 Å². The van der Waals surface area contributed by atoms with Crippen LogP contribution in [0.25, 0.3) is 0 Å². The van der Waals surface area contributed by atoms with Crippen LogP contribution >= 0.6 is 0 Å². The Labute approximate surface area is 107 Å². The lowest BCUT2D eigenvalue weighted by atomic mass is 9.79. The summed E-state index contributed by atoms with van der Waals surface area (Å²) in [5, 5.41) is 0. The summed E-state index contributed by atoms with van der Waals surface area (Å²) in [7, 11) is -0.372. The second-order valence-electron chi connectivity index (χ2n) is 5.34. The molecule has 1 heterocycles. The topological polar surface area (TPSA) is 62.9 Å². The van der Waals surface area contributed by atoms with Crippen LogP contribution < -0.4 is 16.2 Å². The van der Waals surface area contributed by atoms with E-state index in [4.69, 9.17) is 20.1 Å². The summed E-state index contributed by atoms with van der Waals surface area (Å²) in [5.41, 5.74) is 0.249. The van der Waals surface area contributed by atoms with Crippen molar-refractivity contribution in [3.63, 3.8) is 0 Å². The maximum atomic E-state index is 5.93. The SMILES string of the molecule is CC1(C)OB(c2ccc(OON)cc2)OC1(C)C. The van der Waals surface area contributed by atoms with E-state index in [2.05, 4.69) is 4.99 Å². The third-order valence-electron chi connectivity index (χ3n) is 3.55. The number of nitrogens with two attached hydrogens (primary N) is 1. The Morgan fingerprint density at radius 3 is 1.94 bits per heavy atom. The highest BCUT2D eigenvalue weighted by atomic mass is 17.3. The van der Waals surface area contributed by atoms with Crippen LogP contribution in [-0.2, 0) is 14.3 Å². The minimum absolute atomic E-state index is 0.340. The molecule has 6 heteroatoms. The predicted octanol–water partition coefficient (Wildman–Crippen LogP) is 1.17. The third-order valence-corrected chi connectivity index (χ3v) is 3.55. The van der Waals surface area contributed by atoms with E-state index in [0.29, 0.717) is 5.75 Å². The molecule has 0 atom stereocenters. The highest BCUT2D eigenvalue weighted by Gasteiger charge is 2.51. The quantitative estimate of drug-likeness (QED) is 0.496. The normalized spacial score (nSPS) is 21.1. The van der Waals surface area contributed by atoms with Crippen LogP contribution in [0, 0.1) is 0 Å². The molecule has 98 valence electrons. The first-order chi connectivity index (χ1) is 8.36. The van der Waals surface area contributed by atoms with E-state index >= 15 is 0 Å². The monoisotopic (exact) mass is 251 g/mol. The van der Waals surface area contributed by atoms with Gasteiger partial charge in [-0.1, -0.05) is 17.1 Å². The fourth-order valence-electron chi connectivity index (χ4n) is 1.72. The smallest absolute Gasteiger partial charge is 0.399 e. The molecule has 2 rings (SSSR count). The summed E-state index contributed by atoms with van der Waals surface area (Å²) >= 11 is 0. The number of hydrogen-bond donors (Lipinski definition) is 1. The van der Waals surface area contributed by atoms with Gasteiger partial charge in [-0.15, -0.1) is 0 Å². The van der Waals surface area contributed by atoms with Crippen molar-refractivity contribution in [1.29, 1.82) is 0 Å². The molecule has 0 saturated carbocycles. The maximum Gasteiger partial charge on any atom is 0.494 e. The second kappa shape index (κ2) is 4.55. The van der Waals surface area contributed by atoms with E-state index in [9.17, 15) is 0 Å². The first-order valence-corrected chi connectivity index (χ1v) is 5.85. The van der Waals surface area contributed by atoms with Crippen LogP contribution in [-0.4, -0.2) is 18.3 Å². The number of rotatable bonds is 3. The lowest BCUT2D eigenvalue weighted by Gasteiger charge is -2.32. The Kier molecular flexibility index (Phi) is 3.38. The Morgan fingerprint density at radius 1 is 1.00 bits per heavy atom. The zero-order valence-electron chi connectivity index (χ0n) is 11.1. The first-order valence-electron chi connectivity index (χ1n) is 5.85. The van der Waals surface area contributed by atoms with Crippen molar-refractivity contribution in [1.82, 2.24) is 0 Å². The van der Waals surface area contributed by atoms with E-state index in [-0.39, 0.29) is 18.3 Å². The average molecular weight is 251 g/mol. The van der Waals surface area contributed by atoms with Gasteiger partial charge in [0.15, 0.2) is 5.75 Å². The molecule has 0 spiro atoms. The van der Waals surface area contributed by atoms with Gasteiger partial charge >= 0.3 is 7.12 Å². The Balaban J connectivity index is 2.14. The Morgan fingerprint density at radius 2 is 1.50 bits per heavy atom. The van der Waals surface area contributed by atoms with Gasteiger partial charge in [-0.2, -0.15) is 5.90 Å². The summed E-state index contributed by atoms with van der Waals surface area (Å²) in [5.74, 6) is 5.35. The first kappa shape index (κ1) is 13.4. The zero-order valence-corrected chi connectivity index (χ0v) is 11.1. The van der Waals surface area contributed by atoms with E-state index in [0.717, 1.165) is 5.46 Å². The number of benzene rings is 1. The largest absolute Gasteiger partial charge is 0.494 e. The Bertz CT molecular complexity index is 403. The van der Waals surface area contributed by atoms with Crippen molar-refractivity contribution in [2.75, 3.05) is 0 Å². The van der Waals surface area contributed by atoms with Gasteiger partial charge in [0.05, 0.1) is 11.2 Å². The molecule has 1 saturated heterocycles. The van der Waals surface area contributed by atoms with Crippen molar-refractivity contribution >= 4 is 12.6 Å². The highest BCUT2D eigenvalue weighted by Crippen LogP contribution is 2.36. The van der Waals surface area contributed by atoms with Crippen LogP contribution in [0.3, 0.4) is 0 Å². The summed E-state index contributed by atoms with van der Waals surface area (Å²) in [4.78, 5) is 8.80. The summed E-state index contributed by atoms with van der Waals surface area (Å²) in [6.45, 7) is 8.08. The molecule has 1 aromatic carbocycles. The minimum Gasteiger partial charge on any atom is -0.399 e. The fraction of sp³-hybridized carbons (Fsp3) is 0.500. The van der Waals surface area contributed by atoms with Gasteiger partial charge in [0, 0.05) is 0 Å². The molecule has 0 amide bonds. The van der Waals surface area contributed by atoms with Gasteiger partial charge in [-0.3, -0.25) is 0 Å². The molecule has 1 aliphatic rings. The van der Waals surface area contributed by atoms with Crippen LogP contribution in [0.1, 0.15) is 27.7 Å². The van der Waals surface area contributed by atoms with E-state index in [1.165, 1.54) is 0 Å². The zero-order chi connectivity index (χ0) is 13.4. The molecule has 5 nitrogen and oxygen atoms in total. The maximum absolute atomic E-state index is 5.93. The molecule has 0 aromatic heterocycles. The lowest BCUT2D eigenvalue weighted by molar-refractivity contribution is -0.211. The molecule has 1 fully saturated rings. The third kappa shape index (κ3) is 2.37. The molecular weight excluding hydrogens is 233 g/mol. The standard InChI is InChI=1S/C12H18BNO4/c1-11(2)12(3,4)17-13(16-11)9-5-7-10(8-6-9)15-18-14/h5-8H,14H2,1-4H3. The van der Waals surface area contributed by atoms with E-state index < -0.39 is 0 Å². The molecule has 18 heavy (non-hydrogen) atoms. The summed E-state index contributed by atoms with van der Waals surface area (Å²) in [6, 6.07) is 7.20. The van der Waals surface area contributed by atoms with Crippen molar-refractivity contribution in [2.24, 2.45) is 5.90 Å². The van der Waals surface area contributed by atoms with Gasteiger partial charge in [0.1, 0.15) is 0 Å². The molecule has 0 aliphatic carbocycles. The molecule has 0 radical (unpaired) electrons. The molecule has 2 N–H and O–H groups in total. The molecule has 1 aliphatic heterocycles. The average Bonchev–Trinajstić information content (AvgIpc) is 2.50. The summed E-state index contributed by atoms with van der Waals surface area (Å²) < 4.78 is 11.9. The molecule has 1 aromatic rings.